The Morgan fingerprint density at radius 2 is 2.12 bits per heavy atom. The number of hydrogen-bond donors (Lipinski definition) is 1. The first-order valence-corrected chi connectivity index (χ1v) is 6.11. The van der Waals surface area contributed by atoms with Gasteiger partial charge in [0.15, 0.2) is 0 Å². The zero-order valence-corrected chi connectivity index (χ0v) is 10.0. The van der Waals surface area contributed by atoms with Crippen LogP contribution in [0.5, 0.6) is 0 Å². The molecule has 2 heterocycles. The molecule has 3 nitrogen and oxygen atoms in total. The monoisotopic (exact) mass is 242 g/mol. The molecular formula is C13H10N2OS. The fourth-order valence-corrected chi connectivity index (χ4v) is 2.63. The lowest BCUT2D eigenvalue weighted by atomic mass is 10.1. The largest absolute Gasteiger partial charge is 0.322 e. The van der Waals surface area contributed by atoms with Gasteiger partial charge in [-0.15, -0.1) is 11.3 Å². The van der Waals surface area contributed by atoms with Gasteiger partial charge in [0, 0.05) is 17.3 Å². The van der Waals surface area contributed by atoms with E-state index in [1.165, 1.54) is 10.8 Å². The maximum absolute atomic E-state index is 11.3. The van der Waals surface area contributed by atoms with E-state index >= 15 is 0 Å². The molecule has 0 amide bonds. The quantitative estimate of drug-likeness (QED) is 0.713. The third-order valence-corrected chi connectivity index (χ3v) is 3.53. The Hall–Kier alpha value is -1.94. The Morgan fingerprint density at radius 1 is 1.24 bits per heavy atom. The van der Waals surface area contributed by atoms with Crippen molar-refractivity contribution >= 4 is 21.6 Å². The zero-order valence-electron chi connectivity index (χ0n) is 9.23. The van der Waals surface area contributed by atoms with E-state index in [9.17, 15) is 4.79 Å². The molecular weight excluding hydrogens is 232 g/mol. The SMILES string of the molecule is Cc1nc2cc(-c3cccc(=O)[nH]3)ccc2s1. The predicted octanol–water partition coefficient (Wildman–Crippen LogP) is 2.96. The van der Waals surface area contributed by atoms with Gasteiger partial charge in [0.1, 0.15) is 0 Å². The van der Waals surface area contributed by atoms with Crippen LogP contribution in [0, 0.1) is 6.92 Å². The number of thiazole rings is 1. The Balaban J connectivity index is 2.20. The van der Waals surface area contributed by atoms with E-state index in [0.29, 0.717) is 0 Å². The first-order valence-electron chi connectivity index (χ1n) is 5.29. The lowest BCUT2D eigenvalue weighted by molar-refractivity contribution is 1.24. The molecule has 0 aliphatic rings. The Bertz CT molecular complexity index is 742. The number of fused-ring (bicyclic) bond motifs is 1. The van der Waals surface area contributed by atoms with Crippen LogP contribution in [-0.4, -0.2) is 9.97 Å². The summed E-state index contributed by atoms with van der Waals surface area (Å²) in [5.41, 5.74) is 2.71. The summed E-state index contributed by atoms with van der Waals surface area (Å²) in [5, 5.41) is 1.05. The molecule has 0 saturated carbocycles. The van der Waals surface area contributed by atoms with Gasteiger partial charge in [-0.1, -0.05) is 12.1 Å². The summed E-state index contributed by atoms with van der Waals surface area (Å²) in [5.74, 6) is 0. The van der Waals surface area contributed by atoms with Gasteiger partial charge in [-0.3, -0.25) is 4.79 Å². The number of nitrogens with one attached hydrogen (secondary N) is 1. The van der Waals surface area contributed by atoms with Gasteiger partial charge in [0.25, 0.3) is 0 Å². The number of benzene rings is 1. The second-order valence-electron chi connectivity index (χ2n) is 3.84. The highest BCUT2D eigenvalue weighted by Crippen LogP contribution is 2.26. The lowest BCUT2D eigenvalue weighted by Gasteiger charge is -2.00. The van der Waals surface area contributed by atoms with Gasteiger partial charge in [-0.05, 0) is 25.1 Å². The fraction of sp³-hybridized carbons (Fsp3) is 0.0769. The summed E-state index contributed by atoms with van der Waals surface area (Å²) in [6.07, 6.45) is 0. The van der Waals surface area contributed by atoms with Crippen LogP contribution in [0.3, 0.4) is 0 Å². The van der Waals surface area contributed by atoms with Crippen molar-refractivity contribution in [1.82, 2.24) is 9.97 Å². The van der Waals surface area contributed by atoms with Crippen molar-refractivity contribution in [3.63, 3.8) is 0 Å². The summed E-state index contributed by atoms with van der Waals surface area (Å²) >= 11 is 1.68. The minimum Gasteiger partial charge on any atom is -0.322 e. The molecule has 0 atom stereocenters. The van der Waals surface area contributed by atoms with Gasteiger partial charge in [0.05, 0.1) is 15.2 Å². The van der Waals surface area contributed by atoms with E-state index in [-0.39, 0.29) is 5.56 Å². The van der Waals surface area contributed by atoms with Crippen LogP contribution in [-0.2, 0) is 0 Å². The molecule has 0 aliphatic heterocycles. The molecule has 0 spiro atoms. The molecule has 17 heavy (non-hydrogen) atoms. The van der Waals surface area contributed by atoms with Crippen LogP contribution in [0.25, 0.3) is 21.5 Å². The molecule has 0 bridgehead atoms. The van der Waals surface area contributed by atoms with E-state index < -0.39 is 0 Å². The molecule has 0 fully saturated rings. The average molecular weight is 242 g/mol. The first-order chi connectivity index (χ1) is 8.22. The van der Waals surface area contributed by atoms with Crippen LogP contribution in [0.4, 0.5) is 0 Å². The van der Waals surface area contributed by atoms with E-state index in [4.69, 9.17) is 0 Å². The van der Waals surface area contributed by atoms with Crippen LogP contribution in [0.1, 0.15) is 5.01 Å². The summed E-state index contributed by atoms with van der Waals surface area (Å²) in [4.78, 5) is 18.5. The normalized spacial score (nSPS) is 10.9. The summed E-state index contributed by atoms with van der Waals surface area (Å²) in [6, 6.07) is 11.2. The number of aromatic amines is 1. The molecule has 4 heteroatoms. The van der Waals surface area contributed by atoms with E-state index in [2.05, 4.69) is 9.97 Å². The van der Waals surface area contributed by atoms with Gasteiger partial charge in [-0.2, -0.15) is 0 Å². The molecule has 3 rings (SSSR count). The summed E-state index contributed by atoms with van der Waals surface area (Å²) in [7, 11) is 0. The molecule has 0 saturated heterocycles. The Labute approximate surface area is 102 Å². The van der Waals surface area contributed by atoms with Gasteiger partial charge in [0.2, 0.25) is 5.56 Å². The van der Waals surface area contributed by atoms with E-state index in [0.717, 1.165) is 21.8 Å². The molecule has 3 aromatic rings. The minimum absolute atomic E-state index is 0.0861. The highest BCUT2D eigenvalue weighted by molar-refractivity contribution is 7.18. The third-order valence-electron chi connectivity index (χ3n) is 2.57. The van der Waals surface area contributed by atoms with Crippen molar-refractivity contribution in [1.29, 1.82) is 0 Å². The number of hydrogen-bond acceptors (Lipinski definition) is 3. The van der Waals surface area contributed by atoms with Gasteiger partial charge < -0.3 is 4.98 Å². The maximum atomic E-state index is 11.3. The summed E-state index contributed by atoms with van der Waals surface area (Å²) in [6.45, 7) is 1.99. The lowest BCUT2D eigenvalue weighted by Crippen LogP contribution is -2.03. The average Bonchev–Trinajstić information content (AvgIpc) is 2.68. The standard InChI is InChI=1S/C13H10N2OS/c1-8-14-11-7-9(5-6-12(11)17-8)10-3-2-4-13(16)15-10/h2-7H,1H3,(H,15,16). The molecule has 1 aromatic carbocycles. The van der Waals surface area contributed by atoms with Crippen molar-refractivity contribution in [2.45, 2.75) is 6.92 Å². The van der Waals surface area contributed by atoms with Crippen molar-refractivity contribution in [2.24, 2.45) is 0 Å². The number of nitrogens with zero attached hydrogens (tertiary/aromatic N) is 1. The number of aromatic nitrogens is 2. The highest BCUT2D eigenvalue weighted by atomic mass is 32.1. The van der Waals surface area contributed by atoms with Crippen LogP contribution >= 0.6 is 11.3 Å². The van der Waals surface area contributed by atoms with Crippen LogP contribution in [0.2, 0.25) is 0 Å². The van der Waals surface area contributed by atoms with Crippen molar-refractivity contribution in [3.05, 3.63) is 51.8 Å². The first kappa shape index (κ1) is 10.2. The predicted molar refractivity (Wildman–Crippen MR) is 70.4 cm³/mol. The van der Waals surface area contributed by atoms with Crippen molar-refractivity contribution < 1.29 is 0 Å². The van der Waals surface area contributed by atoms with Gasteiger partial charge >= 0.3 is 0 Å². The molecule has 0 unspecified atom stereocenters. The molecule has 2 aromatic heterocycles. The highest BCUT2D eigenvalue weighted by Gasteiger charge is 2.03. The van der Waals surface area contributed by atoms with E-state index in [1.54, 1.807) is 17.4 Å². The Kier molecular flexibility index (Phi) is 2.30. The van der Waals surface area contributed by atoms with E-state index in [1.807, 2.05) is 31.2 Å². The molecule has 0 aliphatic carbocycles. The second kappa shape index (κ2) is 3.82. The molecule has 84 valence electrons. The minimum atomic E-state index is -0.0861. The zero-order chi connectivity index (χ0) is 11.8. The molecule has 0 radical (unpaired) electrons. The Morgan fingerprint density at radius 3 is 2.94 bits per heavy atom. The number of rotatable bonds is 1. The number of aryl methyl sites for hydroxylation is 1. The molecule has 1 N–H and O–H groups in total. The third kappa shape index (κ3) is 1.87. The number of H-pyrrole nitrogens is 1. The smallest absolute Gasteiger partial charge is 0.248 e. The van der Waals surface area contributed by atoms with Gasteiger partial charge in [-0.25, -0.2) is 4.98 Å². The van der Waals surface area contributed by atoms with Crippen LogP contribution < -0.4 is 5.56 Å². The van der Waals surface area contributed by atoms with Crippen LogP contribution in [0.15, 0.2) is 41.2 Å². The second-order valence-corrected chi connectivity index (χ2v) is 5.08. The summed E-state index contributed by atoms with van der Waals surface area (Å²) < 4.78 is 1.17. The van der Waals surface area contributed by atoms with Crippen molar-refractivity contribution in [2.75, 3.05) is 0 Å². The fourth-order valence-electron chi connectivity index (χ4n) is 1.83. The van der Waals surface area contributed by atoms with Crippen molar-refractivity contribution in [3.8, 4) is 11.3 Å². The number of pyridine rings is 1. The topological polar surface area (TPSA) is 45.8 Å². The maximum Gasteiger partial charge on any atom is 0.248 e.